The Morgan fingerprint density at radius 1 is 1.16 bits per heavy atom. The molecule has 0 aliphatic carbocycles. The van der Waals surface area contributed by atoms with Crippen molar-refractivity contribution in [1.82, 2.24) is 5.32 Å². The second-order valence-electron chi connectivity index (χ2n) is 5.36. The Morgan fingerprint density at radius 2 is 1.88 bits per heavy atom. The largest absolute Gasteiger partial charge is 0.467 e. The molecule has 1 amide bonds. The molecule has 7 heteroatoms. The molecule has 132 valence electrons. The molecule has 0 saturated carbocycles. The van der Waals surface area contributed by atoms with E-state index in [1.807, 2.05) is 24.3 Å². The van der Waals surface area contributed by atoms with Crippen molar-refractivity contribution in [2.24, 2.45) is 0 Å². The van der Waals surface area contributed by atoms with Gasteiger partial charge in [0.25, 0.3) is 0 Å². The van der Waals surface area contributed by atoms with Gasteiger partial charge in [0.15, 0.2) is 11.6 Å². The van der Waals surface area contributed by atoms with Crippen molar-refractivity contribution in [3.8, 4) is 0 Å². The van der Waals surface area contributed by atoms with Crippen molar-refractivity contribution in [2.45, 2.75) is 18.9 Å². The number of esters is 1. The van der Waals surface area contributed by atoms with E-state index in [9.17, 15) is 18.4 Å². The van der Waals surface area contributed by atoms with Gasteiger partial charge in [-0.3, -0.25) is 4.79 Å². The van der Waals surface area contributed by atoms with E-state index in [1.165, 1.54) is 13.2 Å². The van der Waals surface area contributed by atoms with E-state index >= 15 is 0 Å². The zero-order chi connectivity index (χ0) is 18.4. The van der Waals surface area contributed by atoms with Gasteiger partial charge in [-0.15, -0.1) is 0 Å². The summed E-state index contributed by atoms with van der Waals surface area (Å²) in [6.07, 6.45) is 0.0538. The van der Waals surface area contributed by atoms with Crippen LogP contribution in [-0.4, -0.2) is 25.0 Å². The molecular formula is C18H16BrF2NO3. The van der Waals surface area contributed by atoms with Gasteiger partial charge >= 0.3 is 5.97 Å². The first-order valence-corrected chi connectivity index (χ1v) is 8.24. The van der Waals surface area contributed by atoms with Crippen molar-refractivity contribution in [3.05, 3.63) is 69.7 Å². The van der Waals surface area contributed by atoms with Crippen LogP contribution in [0.3, 0.4) is 0 Å². The summed E-state index contributed by atoms with van der Waals surface area (Å²) in [4.78, 5) is 24.1. The number of nitrogens with one attached hydrogen (secondary N) is 1. The van der Waals surface area contributed by atoms with Gasteiger partial charge < -0.3 is 10.1 Å². The number of halogens is 3. The molecule has 1 atom stereocenters. The molecule has 0 aliphatic rings. The van der Waals surface area contributed by atoms with Crippen molar-refractivity contribution >= 4 is 27.8 Å². The monoisotopic (exact) mass is 411 g/mol. The van der Waals surface area contributed by atoms with E-state index in [2.05, 4.69) is 21.2 Å². The predicted octanol–water partition coefficient (Wildman–Crippen LogP) is 3.17. The van der Waals surface area contributed by atoms with E-state index in [-0.39, 0.29) is 12.8 Å². The molecule has 0 aliphatic heterocycles. The third-order valence-electron chi connectivity index (χ3n) is 3.55. The standard InChI is InChI=1S/C18H16BrF2NO3/c1-25-18(24)16(10-12-4-2-3-5-13(12)19)22-17(23)9-11-6-7-14(20)15(21)8-11/h2-8,16H,9-10H2,1H3,(H,22,23)/t16-/m0/s1. The molecule has 0 heterocycles. The van der Waals surface area contributed by atoms with Gasteiger partial charge in [0, 0.05) is 10.9 Å². The Balaban J connectivity index is 2.08. The molecule has 0 spiro atoms. The second kappa shape index (κ2) is 8.71. The Kier molecular flexibility index (Phi) is 6.64. The minimum absolute atomic E-state index is 0.180. The molecule has 25 heavy (non-hydrogen) atoms. The molecule has 0 aromatic heterocycles. The number of hydrogen-bond donors (Lipinski definition) is 1. The Morgan fingerprint density at radius 3 is 2.52 bits per heavy atom. The normalized spacial score (nSPS) is 11.7. The highest BCUT2D eigenvalue weighted by molar-refractivity contribution is 9.10. The van der Waals surface area contributed by atoms with Gasteiger partial charge in [-0.2, -0.15) is 0 Å². The first kappa shape index (κ1) is 19.1. The highest BCUT2D eigenvalue weighted by Gasteiger charge is 2.23. The average Bonchev–Trinajstić information content (AvgIpc) is 2.58. The van der Waals surface area contributed by atoms with Crippen LogP contribution in [0, 0.1) is 11.6 Å². The number of hydrogen-bond acceptors (Lipinski definition) is 3. The van der Waals surface area contributed by atoms with Crippen molar-refractivity contribution < 1.29 is 23.1 Å². The van der Waals surface area contributed by atoms with E-state index in [0.29, 0.717) is 5.56 Å². The van der Waals surface area contributed by atoms with Gasteiger partial charge in [0.2, 0.25) is 5.91 Å². The molecule has 2 aromatic carbocycles. The quantitative estimate of drug-likeness (QED) is 0.742. The van der Waals surface area contributed by atoms with Gasteiger partial charge in [-0.05, 0) is 29.3 Å². The molecule has 0 unspecified atom stereocenters. The van der Waals surface area contributed by atoms with E-state index in [0.717, 1.165) is 22.2 Å². The van der Waals surface area contributed by atoms with Crippen LogP contribution in [-0.2, 0) is 27.2 Å². The molecule has 1 N–H and O–H groups in total. The fourth-order valence-corrected chi connectivity index (χ4v) is 2.75. The van der Waals surface area contributed by atoms with E-state index < -0.39 is 29.6 Å². The number of benzene rings is 2. The summed E-state index contributed by atoms with van der Waals surface area (Å²) in [6.45, 7) is 0. The summed E-state index contributed by atoms with van der Waals surface area (Å²) in [5.74, 6) is -3.09. The lowest BCUT2D eigenvalue weighted by atomic mass is 10.1. The first-order valence-electron chi connectivity index (χ1n) is 7.45. The van der Waals surface area contributed by atoms with Crippen LogP contribution in [0.5, 0.6) is 0 Å². The Hall–Kier alpha value is -2.28. The molecular weight excluding hydrogens is 396 g/mol. The molecule has 2 rings (SSSR count). The number of amides is 1. The fraction of sp³-hybridized carbons (Fsp3) is 0.222. The number of rotatable bonds is 6. The summed E-state index contributed by atoms with van der Waals surface area (Å²) in [5, 5.41) is 2.58. The minimum atomic E-state index is -1.02. The summed E-state index contributed by atoms with van der Waals surface area (Å²) >= 11 is 3.39. The van der Waals surface area contributed by atoms with E-state index in [1.54, 1.807) is 0 Å². The highest BCUT2D eigenvalue weighted by Crippen LogP contribution is 2.18. The number of carbonyl (C=O) groups is 2. The van der Waals surface area contributed by atoms with Crippen molar-refractivity contribution in [2.75, 3.05) is 7.11 Å². The maximum Gasteiger partial charge on any atom is 0.328 e. The van der Waals surface area contributed by atoms with Crippen LogP contribution >= 0.6 is 15.9 Å². The van der Waals surface area contributed by atoms with Gasteiger partial charge in [-0.25, -0.2) is 13.6 Å². The minimum Gasteiger partial charge on any atom is -0.467 e. The molecule has 4 nitrogen and oxygen atoms in total. The Labute approximate surface area is 152 Å². The zero-order valence-corrected chi connectivity index (χ0v) is 15.0. The second-order valence-corrected chi connectivity index (χ2v) is 6.22. The van der Waals surface area contributed by atoms with Crippen LogP contribution in [0.15, 0.2) is 46.9 Å². The van der Waals surface area contributed by atoms with Crippen LogP contribution in [0.1, 0.15) is 11.1 Å². The summed E-state index contributed by atoms with van der Waals surface area (Å²) in [6, 6.07) is 9.64. The van der Waals surface area contributed by atoms with Gasteiger partial charge in [-0.1, -0.05) is 40.2 Å². The van der Waals surface area contributed by atoms with Gasteiger partial charge in [0.1, 0.15) is 6.04 Å². The lowest BCUT2D eigenvalue weighted by molar-refractivity contribution is -0.145. The molecule has 0 radical (unpaired) electrons. The number of methoxy groups -OCH3 is 1. The van der Waals surface area contributed by atoms with Crippen LogP contribution in [0.4, 0.5) is 8.78 Å². The summed E-state index contributed by atoms with van der Waals surface area (Å²) in [7, 11) is 1.23. The van der Waals surface area contributed by atoms with Crippen LogP contribution in [0.2, 0.25) is 0 Å². The predicted molar refractivity (Wildman–Crippen MR) is 91.9 cm³/mol. The third kappa shape index (κ3) is 5.35. The first-order chi connectivity index (χ1) is 11.9. The Bertz CT molecular complexity index is 783. The summed E-state index contributed by atoms with van der Waals surface area (Å²) < 4.78 is 31.7. The number of carbonyl (C=O) groups excluding carboxylic acids is 2. The zero-order valence-electron chi connectivity index (χ0n) is 13.4. The maximum absolute atomic E-state index is 13.2. The molecule has 2 aromatic rings. The van der Waals surface area contributed by atoms with Crippen LogP contribution in [0.25, 0.3) is 0 Å². The fourth-order valence-electron chi connectivity index (χ4n) is 2.30. The topological polar surface area (TPSA) is 55.4 Å². The summed E-state index contributed by atoms with van der Waals surface area (Å²) in [5.41, 5.74) is 1.13. The van der Waals surface area contributed by atoms with Crippen molar-refractivity contribution in [3.63, 3.8) is 0 Å². The van der Waals surface area contributed by atoms with Gasteiger partial charge in [0.05, 0.1) is 13.5 Å². The number of ether oxygens (including phenoxy) is 1. The molecule has 0 fully saturated rings. The SMILES string of the molecule is COC(=O)[C@H](Cc1ccccc1Br)NC(=O)Cc1ccc(F)c(F)c1. The van der Waals surface area contributed by atoms with Crippen LogP contribution < -0.4 is 5.32 Å². The lowest BCUT2D eigenvalue weighted by Gasteiger charge is -2.17. The smallest absolute Gasteiger partial charge is 0.328 e. The lowest BCUT2D eigenvalue weighted by Crippen LogP contribution is -2.43. The third-order valence-corrected chi connectivity index (χ3v) is 4.33. The molecule has 0 saturated heterocycles. The maximum atomic E-state index is 13.2. The van der Waals surface area contributed by atoms with Crippen molar-refractivity contribution in [1.29, 1.82) is 0 Å². The average molecular weight is 412 g/mol. The molecule has 0 bridgehead atoms. The highest BCUT2D eigenvalue weighted by atomic mass is 79.9. The van der Waals surface area contributed by atoms with E-state index in [4.69, 9.17) is 4.74 Å².